The van der Waals surface area contributed by atoms with E-state index < -0.39 is 15.6 Å². The lowest BCUT2D eigenvalue weighted by molar-refractivity contribution is 0.490. The first-order valence-corrected chi connectivity index (χ1v) is 9.29. The fraction of sp³-hybridized carbons (Fsp3) is 0.647. The molecule has 1 aromatic rings. The highest BCUT2D eigenvalue weighted by Gasteiger charge is 2.28. The van der Waals surface area contributed by atoms with Crippen molar-refractivity contribution in [3.63, 3.8) is 0 Å². The Morgan fingerprint density at radius 3 is 2.14 bits per heavy atom. The molecular weight excluding hydrogens is 282 g/mol. The van der Waals surface area contributed by atoms with Crippen LogP contribution in [-0.2, 0) is 22.9 Å². The minimum absolute atomic E-state index is 0.434. The molecule has 1 aliphatic rings. The summed E-state index contributed by atoms with van der Waals surface area (Å²) in [5.74, 6) is 0.434. The first-order chi connectivity index (χ1) is 9.62. The molecule has 0 aliphatic heterocycles. The van der Waals surface area contributed by atoms with Gasteiger partial charge in [-0.05, 0) is 75.1 Å². The molecule has 118 valence electrons. The second-order valence-corrected chi connectivity index (χ2v) is 8.98. The van der Waals surface area contributed by atoms with Crippen molar-refractivity contribution >= 4 is 10.0 Å². The molecule has 0 radical (unpaired) electrons. The molecule has 1 N–H and O–H groups in total. The van der Waals surface area contributed by atoms with Crippen LogP contribution in [0.2, 0.25) is 0 Å². The van der Waals surface area contributed by atoms with Gasteiger partial charge in [-0.25, -0.2) is 13.1 Å². The number of sulfonamides is 1. The summed E-state index contributed by atoms with van der Waals surface area (Å²) in [4.78, 5) is 0.483. The number of benzene rings is 1. The molecule has 4 heteroatoms. The van der Waals surface area contributed by atoms with Gasteiger partial charge in [-0.2, -0.15) is 0 Å². The quantitative estimate of drug-likeness (QED) is 0.924. The van der Waals surface area contributed by atoms with Crippen LogP contribution < -0.4 is 4.72 Å². The van der Waals surface area contributed by atoms with Gasteiger partial charge in [-0.3, -0.25) is 0 Å². The molecular formula is C17H27NO2S. The third kappa shape index (κ3) is 3.67. The van der Waals surface area contributed by atoms with Gasteiger partial charge in [-0.15, -0.1) is 0 Å². The van der Waals surface area contributed by atoms with E-state index in [1.165, 1.54) is 11.1 Å². The van der Waals surface area contributed by atoms with Crippen molar-refractivity contribution in [2.45, 2.75) is 76.7 Å². The highest BCUT2D eigenvalue weighted by atomic mass is 32.2. The summed E-state index contributed by atoms with van der Waals surface area (Å²) in [7, 11) is -3.45. The monoisotopic (exact) mass is 309 g/mol. The molecule has 1 aromatic carbocycles. The van der Waals surface area contributed by atoms with Gasteiger partial charge in [0.05, 0.1) is 4.90 Å². The number of hydrogen-bond donors (Lipinski definition) is 1. The van der Waals surface area contributed by atoms with Crippen molar-refractivity contribution in [1.82, 2.24) is 4.72 Å². The highest BCUT2D eigenvalue weighted by Crippen LogP contribution is 2.33. The molecule has 21 heavy (non-hydrogen) atoms. The molecule has 2 rings (SSSR count). The first kappa shape index (κ1) is 16.5. The van der Waals surface area contributed by atoms with Crippen LogP contribution in [0.15, 0.2) is 17.0 Å². The molecule has 3 nitrogen and oxygen atoms in total. The van der Waals surface area contributed by atoms with E-state index >= 15 is 0 Å². The third-order valence-electron chi connectivity index (χ3n) is 3.88. The SMILES string of the molecule is CC(C)c1ccc(S(=O)(=O)NC(C)(C)C)c2c1CCCC2. The summed E-state index contributed by atoms with van der Waals surface area (Å²) < 4.78 is 28.2. The zero-order chi connectivity index (χ0) is 15.8. The van der Waals surface area contributed by atoms with Crippen molar-refractivity contribution in [1.29, 1.82) is 0 Å². The van der Waals surface area contributed by atoms with Gasteiger partial charge in [0.25, 0.3) is 0 Å². The van der Waals surface area contributed by atoms with Gasteiger partial charge in [0.15, 0.2) is 0 Å². The zero-order valence-electron chi connectivity index (χ0n) is 13.8. The van der Waals surface area contributed by atoms with Gasteiger partial charge in [0.2, 0.25) is 10.0 Å². The predicted molar refractivity (Wildman–Crippen MR) is 87.2 cm³/mol. The number of nitrogens with one attached hydrogen (secondary N) is 1. The van der Waals surface area contributed by atoms with Crippen LogP contribution in [0.4, 0.5) is 0 Å². The van der Waals surface area contributed by atoms with E-state index in [0.717, 1.165) is 31.2 Å². The second-order valence-electron chi connectivity index (χ2n) is 7.33. The lowest BCUT2D eigenvalue weighted by atomic mass is 9.85. The van der Waals surface area contributed by atoms with Crippen molar-refractivity contribution in [3.8, 4) is 0 Å². The summed E-state index contributed by atoms with van der Waals surface area (Å²) >= 11 is 0. The fourth-order valence-electron chi connectivity index (χ4n) is 3.11. The minimum Gasteiger partial charge on any atom is -0.207 e. The van der Waals surface area contributed by atoms with Crippen molar-refractivity contribution in [2.75, 3.05) is 0 Å². The van der Waals surface area contributed by atoms with Crippen LogP contribution in [0.3, 0.4) is 0 Å². The predicted octanol–water partition coefficient (Wildman–Crippen LogP) is 3.77. The molecule has 0 bridgehead atoms. The van der Waals surface area contributed by atoms with E-state index in [2.05, 4.69) is 18.6 Å². The molecule has 0 fully saturated rings. The largest absolute Gasteiger partial charge is 0.241 e. The number of fused-ring (bicyclic) bond motifs is 1. The molecule has 1 aliphatic carbocycles. The van der Waals surface area contributed by atoms with E-state index in [9.17, 15) is 8.42 Å². The average molecular weight is 309 g/mol. The van der Waals surface area contributed by atoms with Crippen LogP contribution in [0.25, 0.3) is 0 Å². The topological polar surface area (TPSA) is 46.2 Å². The Hall–Kier alpha value is -0.870. The van der Waals surface area contributed by atoms with E-state index in [1.807, 2.05) is 26.8 Å². The smallest absolute Gasteiger partial charge is 0.207 e. The maximum absolute atomic E-state index is 12.7. The number of hydrogen-bond acceptors (Lipinski definition) is 2. The molecule has 0 spiro atoms. The first-order valence-electron chi connectivity index (χ1n) is 7.80. The molecule has 0 amide bonds. The van der Waals surface area contributed by atoms with Crippen molar-refractivity contribution < 1.29 is 8.42 Å². The van der Waals surface area contributed by atoms with Crippen LogP contribution in [-0.4, -0.2) is 14.0 Å². The standard InChI is InChI=1S/C17H27NO2S/c1-12(2)13-10-11-16(15-9-7-6-8-14(13)15)21(19,20)18-17(3,4)5/h10-12,18H,6-9H2,1-5H3. The third-order valence-corrected chi connectivity index (χ3v) is 5.72. The van der Waals surface area contributed by atoms with E-state index in [0.29, 0.717) is 10.8 Å². The Labute approximate surface area is 129 Å². The summed E-state index contributed by atoms with van der Waals surface area (Å²) in [6.45, 7) is 9.97. The van der Waals surface area contributed by atoms with E-state index in [4.69, 9.17) is 0 Å². The average Bonchev–Trinajstić information content (AvgIpc) is 2.34. The summed E-state index contributed by atoms with van der Waals surface area (Å²) in [5.41, 5.74) is 3.16. The van der Waals surface area contributed by atoms with Crippen molar-refractivity contribution in [2.24, 2.45) is 0 Å². The maximum Gasteiger partial charge on any atom is 0.241 e. The zero-order valence-corrected chi connectivity index (χ0v) is 14.6. The Bertz CT molecular complexity index is 625. The Kier molecular flexibility index (Phi) is 4.50. The molecule has 0 aromatic heterocycles. The minimum atomic E-state index is -3.45. The number of rotatable bonds is 3. The summed E-state index contributed by atoms with van der Waals surface area (Å²) in [6, 6.07) is 3.81. The van der Waals surface area contributed by atoms with Gasteiger partial charge < -0.3 is 0 Å². The Morgan fingerprint density at radius 1 is 1.05 bits per heavy atom. The maximum atomic E-state index is 12.7. The van der Waals surface area contributed by atoms with Crippen LogP contribution in [0.1, 0.15) is 70.1 Å². The highest BCUT2D eigenvalue weighted by molar-refractivity contribution is 7.89. The van der Waals surface area contributed by atoms with Crippen molar-refractivity contribution in [3.05, 3.63) is 28.8 Å². The molecule has 0 saturated carbocycles. The fourth-order valence-corrected chi connectivity index (χ4v) is 4.83. The summed E-state index contributed by atoms with van der Waals surface area (Å²) in [6.07, 6.45) is 4.10. The second kappa shape index (κ2) is 5.73. The van der Waals surface area contributed by atoms with Crippen LogP contribution in [0, 0.1) is 0 Å². The molecule has 0 atom stereocenters. The Balaban J connectivity index is 2.56. The lowest BCUT2D eigenvalue weighted by Crippen LogP contribution is -2.41. The summed E-state index contributed by atoms with van der Waals surface area (Å²) in [5, 5.41) is 0. The normalized spacial score (nSPS) is 16.1. The van der Waals surface area contributed by atoms with Gasteiger partial charge in [0.1, 0.15) is 0 Å². The molecule has 0 heterocycles. The molecule has 0 unspecified atom stereocenters. The molecule has 0 saturated heterocycles. The lowest BCUT2D eigenvalue weighted by Gasteiger charge is -2.26. The van der Waals surface area contributed by atoms with E-state index in [-0.39, 0.29) is 0 Å². The van der Waals surface area contributed by atoms with E-state index in [1.54, 1.807) is 6.07 Å². The van der Waals surface area contributed by atoms with Gasteiger partial charge >= 0.3 is 0 Å². The Morgan fingerprint density at radius 2 is 1.62 bits per heavy atom. The van der Waals surface area contributed by atoms with Gasteiger partial charge in [0, 0.05) is 5.54 Å². The van der Waals surface area contributed by atoms with Crippen LogP contribution in [0.5, 0.6) is 0 Å². The van der Waals surface area contributed by atoms with Crippen LogP contribution >= 0.6 is 0 Å². The van der Waals surface area contributed by atoms with Gasteiger partial charge in [-0.1, -0.05) is 19.9 Å².